The fourth-order valence-electron chi connectivity index (χ4n) is 3.85. The lowest BCUT2D eigenvalue weighted by molar-refractivity contribution is -0.139. The number of rotatable bonds is 5. The number of allylic oxidation sites excluding steroid dienone is 1. The molecule has 9 heteroatoms. The van der Waals surface area contributed by atoms with Crippen molar-refractivity contribution in [2.75, 3.05) is 20.2 Å². The predicted octanol–water partition coefficient (Wildman–Crippen LogP) is 4.39. The molecule has 0 aliphatic carbocycles. The molecule has 1 fully saturated rings. The first kappa shape index (κ1) is 20.9. The van der Waals surface area contributed by atoms with Crippen LogP contribution < -0.4 is 0 Å². The van der Waals surface area contributed by atoms with Gasteiger partial charge in [-0.25, -0.2) is 14.2 Å². The maximum absolute atomic E-state index is 13.7. The molecule has 1 saturated heterocycles. The summed E-state index contributed by atoms with van der Waals surface area (Å²) in [4.78, 5) is 28.7. The zero-order valence-corrected chi connectivity index (χ0v) is 18.9. The van der Waals surface area contributed by atoms with Crippen LogP contribution in [-0.2, 0) is 9.53 Å². The van der Waals surface area contributed by atoms with Gasteiger partial charge in [0.2, 0.25) is 0 Å². The van der Waals surface area contributed by atoms with Gasteiger partial charge in [-0.2, -0.15) is 0 Å². The summed E-state index contributed by atoms with van der Waals surface area (Å²) in [5.74, 6) is 0.0867. The quantitative estimate of drug-likeness (QED) is 0.460. The number of ether oxygens (including phenoxy) is 1. The predicted molar refractivity (Wildman–Crippen MR) is 118 cm³/mol. The zero-order chi connectivity index (χ0) is 21.3. The van der Waals surface area contributed by atoms with Crippen LogP contribution in [0.25, 0.3) is 0 Å². The molecular weight excluding hydrogens is 471 g/mol. The number of aromatic nitrogens is 1. The average Bonchev–Trinajstić information content (AvgIpc) is 3.37. The highest BCUT2D eigenvalue weighted by Crippen LogP contribution is 2.43. The van der Waals surface area contributed by atoms with Gasteiger partial charge in [-0.05, 0) is 31.0 Å². The number of thiazole rings is 1. The summed E-state index contributed by atoms with van der Waals surface area (Å²) in [6.45, 7) is 2.69. The van der Waals surface area contributed by atoms with E-state index < -0.39 is 12.0 Å². The molecule has 2 atom stereocenters. The Morgan fingerprint density at radius 3 is 3.00 bits per heavy atom. The molecule has 1 aromatic carbocycles. The Kier molecular flexibility index (Phi) is 6.10. The zero-order valence-electron chi connectivity index (χ0n) is 16.5. The number of hydrogen-bond donors (Lipinski definition) is 0. The minimum absolute atomic E-state index is 0.148. The van der Waals surface area contributed by atoms with E-state index in [4.69, 9.17) is 9.73 Å². The molecule has 0 radical (unpaired) electrons. The van der Waals surface area contributed by atoms with Crippen molar-refractivity contribution in [3.8, 4) is 0 Å². The van der Waals surface area contributed by atoms with E-state index >= 15 is 0 Å². The van der Waals surface area contributed by atoms with Crippen LogP contribution in [0.3, 0.4) is 0 Å². The molecule has 0 bridgehead atoms. The number of carbonyl (C=O) groups is 1. The van der Waals surface area contributed by atoms with Crippen molar-refractivity contribution in [1.82, 2.24) is 9.88 Å². The topological polar surface area (TPSA) is 67.2 Å². The van der Waals surface area contributed by atoms with Crippen molar-refractivity contribution in [2.24, 2.45) is 15.9 Å². The largest absolute Gasteiger partial charge is 0.463 e. The molecule has 0 amide bonds. The lowest BCUT2D eigenvalue weighted by Crippen LogP contribution is -2.35. The summed E-state index contributed by atoms with van der Waals surface area (Å²) < 4.78 is 19.7. The highest BCUT2D eigenvalue weighted by Gasteiger charge is 2.42. The van der Waals surface area contributed by atoms with Crippen LogP contribution in [0.4, 0.5) is 4.39 Å². The molecule has 4 rings (SSSR count). The molecule has 1 aromatic heterocycles. The third-order valence-electron chi connectivity index (χ3n) is 5.03. The first-order valence-electron chi connectivity index (χ1n) is 9.56. The van der Waals surface area contributed by atoms with E-state index in [0.29, 0.717) is 34.4 Å². The van der Waals surface area contributed by atoms with Gasteiger partial charge >= 0.3 is 5.97 Å². The fraction of sp³-hybridized carbons (Fsp3) is 0.333. The van der Waals surface area contributed by atoms with Crippen LogP contribution in [0.15, 0.2) is 55.5 Å². The summed E-state index contributed by atoms with van der Waals surface area (Å²) in [6, 6.07) is 3.79. The Bertz CT molecular complexity index is 1050. The molecule has 0 unspecified atom stereocenters. The molecule has 6 nitrogen and oxygen atoms in total. The third kappa shape index (κ3) is 3.83. The minimum atomic E-state index is -0.624. The molecule has 2 aromatic rings. The van der Waals surface area contributed by atoms with Crippen molar-refractivity contribution >= 4 is 45.3 Å². The van der Waals surface area contributed by atoms with Gasteiger partial charge < -0.3 is 14.6 Å². The summed E-state index contributed by atoms with van der Waals surface area (Å²) in [6.07, 6.45) is 4.28. The summed E-state index contributed by atoms with van der Waals surface area (Å²) in [7, 11) is 1.74. The maximum atomic E-state index is 13.7. The highest BCUT2D eigenvalue weighted by molar-refractivity contribution is 9.10. The number of esters is 1. The number of carbonyl (C=O) groups excluding carboxylic acids is 1. The van der Waals surface area contributed by atoms with Crippen molar-refractivity contribution in [1.29, 1.82) is 0 Å². The van der Waals surface area contributed by atoms with E-state index in [9.17, 15) is 9.18 Å². The fourth-order valence-corrected chi connectivity index (χ4v) is 5.06. The second kappa shape index (κ2) is 8.77. The van der Waals surface area contributed by atoms with E-state index in [-0.39, 0.29) is 18.3 Å². The lowest BCUT2D eigenvalue weighted by Gasteiger charge is -2.31. The standard InChI is InChI=1S/C21H20BrFN4O2S/c1-3-29-21(28)17-16-8-12(10-24-2)11-27(16)19(20-25-6-7-30-20)26-18(17)14-5-4-13(23)9-15(14)22/h4-7,9-10,12,18H,3,8,11H2,1-2H3/t12-,18-/m0/s1. The Balaban J connectivity index is 1.91. The van der Waals surface area contributed by atoms with E-state index in [0.717, 1.165) is 10.7 Å². The smallest absolute Gasteiger partial charge is 0.338 e. The summed E-state index contributed by atoms with van der Waals surface area (Å²) >= 11 is 4.93. The first-order chi connectivity index (χ1) is 14.5. The number of hydrogen-bond acceptors (Lipinski definition) is 7. The molecule has 30 heavy (non-hydrogen) atoms. The van der Waals surface area contributed by atoms with Gasteiger partial charge in [-0.3, -0.25) is 4.99 Å². The molecule has 156 valence electrons. The number of benzene rings is 1. The average molecular weight is 491 g/mol. The van der Waals surface area contributed by atoms with Gasteiger partial charge in [0.05, 0.1) is 12.2 Å². The molecule has 0 spiro atoms. The van der Waals surface area contributed by atoms with Crippen LogP contribution in [0.2, 0.25) is 0 Å². The monoisotopic (exact) mass is 490 g/mol. The Hall–Kier alpha value is -2.39. The number of amidine groups is 1. The van der Waals surface area contributed by atoms with Crippen LogP contribution in [-0.4, -0.2) is 48.1 Å². The first-order valence-corrected chi connectivity index (χ1v) is 11.2. The van der Waals surface area contributed by atoms with Gasteiger partial charge in [-0.15, -0.1) is 11.3 Å². The number of nitrogens with zero attached hydrogens (tertiary/aromatic N) is 4. The normalized spacial score (nSPS) is 21.2. The van der Waals surface area contributed by atoms with Crippen LogP contribution in [0.1, 0.15) is 30.0 Å². The van der Waals surface area contributed by atoms with Crippen molar-refractivity contribution < 1.29 is 13.9 Å². The van der Waals surface area contributed by atoms with Crippen molar-refractivity contribution in [2.45, 2.75) is 19.4 Å². The number of fused-ring (bicyclic) bond motifs is 1. The molecule has 0 N–H and O–H groups in total. The highest BCUT2D eigenvalue weighted by atomic mass is 79.9. The second-order valence-corrected chi connectivity index (χ2v) is 8.67. The Morgan fingerprint density at radius 2 is 2.33 bits per heavy atom. The van der Waals surface area contributed by atoms with Crippen molar-refractivity contribution in [3.05, 3.63) is 61.9 Å². The maximum Gasteiger partial charge on any atom is 0.338 e. The minimum Gasteiger partial charge on any atom is -0.463 e. The molecule has 2 aliphatic rings. The Labute approximate surface area is 186 Å². The van der Waals surface area contributed by atoms with Crippen LogP contribution >= 0.6 is 27.3 Å². The van der Waals surface area contributed by atoms with Gasteiger partial charge in [0, 0.05) is 47.5 Å². The van der Waals surface area contributed by atoms with E-state index in [1.54, 1.807) is 26.2 Å². The lowest BCUT2D eigenvalue weighted by atomic mass is 9.94. The van der Waals surface area contributed by atoms with Crippen molar-refractivity contribution in [3.63, 3.8) is 0 Å². The summed E-state index contributed by atoms with van der Waals surface area (Å²) in [5, 5.41) is 2.67. The molecular formula is C21H20BrFN4O2S. The van der Waals surface area contributed by atoms with Gasteiger partial charge in [0.1, 0.15) is 11.9 Å². The van der Waals surface area contributed by atoms with Gasteiger partial charge in [0.15, 0.2) is 10.8 Å². The molecule has 0 saturated carbocycles. The SMILES string of the molecule is CCOC(=O)C1=C2C[C@@H](C=NC)CN2C(c2nccs2)=N[C@H]1c1ccc(F)cc1Br. The van der Waals surface area contributed by atoms with E-state index in [1.807, 2.05) is 16.5 Å². The number of aliphatic imine (C=N–C) groups is 2. The van der Waals surface area contributed by atoms with Crippen LogP contribution in [0, 0.1) is 11.7 Å². The second-order valence-electron chi connectivity index (χ2n) is 6.92. The third-order valence-corrected chi connectivity index (χ3v) is 6.48. The van der Waals surface area contributed by atoms with Crippen LogP contribution in [0.5, 0.6) is 0 Å². The summed E-state index contributed by atoms with van der Waals surface area (Å²) in [5.41, 5.74) is 2.05. The molecule has 3 heterocycles. The Morgan fingerprint density at radius 1 is 1.50 bits per heavy atom. The van der Waals surface area contributed by atoms with E-state index in [2.05, 4.69) is 25.9 Å². The van der Waals surface area contributed by atoms with E-state index in [1.165, 1.54) is 23.5 Å². The van der Waals surface area contributed by atoms with Gasteiger partial charge in [-0.1, -0.05) is 22.0 Å². The number of halogens is 2. The molecule has 2 aliphatic heterocycles. The van der Waals surface area contributed by atoms with Gasteiger partial charge in [0.25, 0.3) is 0 Å².